The van der Waals surface area contributed by atoms with Gasteiger partial charge in [-0.05, 0) is 57.9 Å². The lowest BCUT2D eigenvalue weighted by Crippen LogP contribution is -2.42. The lowest BCUT2D eigenvalue weighted by molar-refractivity contribution is -0.139. The van der Waals surface area contributed by atoms with Gasteiger partial charge in [0.25, 0.3) is 5.91 Å². The van der Waals surface area contributed by atoms with Crippen LogP contribution >= 0.6 is 15.9 Å². The first kappa shape index (κ1) is 19.6. The molecule has 0 aliphatic rings. The predicted octanol–water partition coefficient (Wildman–Crippen LogP) is 4.67. The quantitative estimate of drug-likeness (QED) is 0.560. The van der Waals surface area contributed by atoms with Crippen LogP contribution in [0.2, 0.25) is 0 Å². The van der Waals surface area contributed by atoms with Crippen molar-refractivity contribution in [1.82, 2.24) is 5.32 Å². The van der Waals surface area contributed by atoms with Crippen LogP contribution in [0.15, 0.2) is 83.3 Å². The van der Waals surface area contributed by atoms with E-state index < -0.39 is 17.9 Å². The zero-order valence-corrected chi connectivity index (χ0v) is 16.4. The highest BCUT2D eigenvalue weighted by Gasteiger charge is 2.21. The maximum atomic E-state index is 12.2. The molecule has 3 rings (SSSR count). The number of hydrogen-bond donors (Lipinski definition) is 2. The van der Waals surface area contributed by atoms with E-state index >= 15 is 0 Å². The molecule has 6 heteroatoms. The summed E-state index contributed by atoms with van der Waals surface area (Å²) in [6.45, 7) is 0. The monoisotopic (exact) mass is 439 g/mol. The third-order valence-electron chi connectivity index (χ3n) is 4.07. The van der Waals surface area contributed by atoms with Crippen molar-refractivity contribution in [1.29, 1.82) is 0 Å². The number of ether oxygens (including phenoxy) is 1. The number of halogens is 1. The fourth-order valence-corrected chi connectivity index (χ4v) is 2.98. The number of carboxylic acid groups (broad SMARTS) is 1. The molecule has 0 aliphatic heterocycles. The standard InChI is InChI=1S/C22H18BrNO4/c23-18-8-4-5-9-20(18)28-17-12-10-15(11-13-17)14-19(22(26)27)24-21(25)16-6-2-1-3-7-16/h1-13,19H,14H2,(H,24,25)(H,26,27). The van der Waals surface area contributed by atoms with Crippen LogP contribution in [0.25, 0.3) is 0 Å². The third-order valence-corrected chi connectivity index (χ3v) is 4.72. The molecule has 0 saturated heterocycles. The zero-order valence-electron chi connectivity index (χ0n) is 14.8. The van der Waals surface area contributed by atoms with Crippen LogP contribution < -0.4 is 10.1 Å². The molecule has 0 radical (unpaired) electrons. The van der Waals surface area contributed by atoms with Crippen molar-refractivity contribution in [3.63, 3.8) is 0 Å². The molecule has 0 fully saturated rings. The Bertz CT molecular complexity index is 958. The number of carbonyl (C=O) groups is 2. The second-order valence-electron chi connectivity index (χ2n) is 6.11. The van der Waals surface area contributed by atoms with Crippen LogP contribution in [0.5, 0.6) is 11.5 Å². The van der Waals surface area contributed by atoms with Gasteiger partial charge in [-0.1, -0.05) is 42.5 Å². The van der Waals surface area contributed by atoms with Gasteiger partial charge in [0.05, 0.1) is 4.47 Å². The minimum absolute atomic E-state index is 0.170. The summed E-state index contributed by atoms with van der Waals surface area (Å²) in [7, 11) is 0. The summed E-state index contributed by atoms with van der Waals surface area (Å²) < 4.78 is 6.65. The fourth-order valence-electron chi connectivity index (χ4n) is 2.61. The number of carbonyl (C=O) groups excluding carboxylic acids is 1. The number of amides is 1. The van der Waals surface area contributed by atoms with Gasteiger partial charge in [0.2, 0.25) is 0 Å². The Morgan fingerprint density at radius 3 is 2.21 bits per heavy atom. The average molecular weight is 440 g/mol. The molecule has 0 aromatic heterocycles. The molecule has 28 heavy (non-hydrogen) atoms. The highest BCUT2D eigenvalue weighted by Crippen LogP contribution is 2.29. The first-order chi connectivity index (χ1) is 13.5. The third kappa shape index (κ3) is 5.20. The van der Waals surface area contributed by atoms with E-state index in [-0.39, 0.29) is 6.42 Å². The smallest absolute Gasteiger partial charge is 0.326 e. The number of benzene rings is 3. The van der Waals surface area contributed by atoms with Crippen LogP contribution in [0.4, 0.5) is 0 Å². The molecule has 142 valence electrons. The lowest BCUT2D eigenvalue weighted by Gasteiger charge is -2.15. The number of carboxylic acids is 1. The lowest BCUT2D eigenvalue weighted by atomic mass is 10.1. The first-order valence-electron chi connectivity index (χ1n) is 8.63. The van der Waals surface area contributed by atoms with E-state index in [1.807, 2.05) is 24.3 Å². The van der Waals surface area contributed by atoms with E-state index in [0.29, 0.717) is 17.1 Å². The molecule has 0 spiro atoms. The van der Waals surface area contributed by atoms with Crippen LogP contribution in [-0.2, 0) is 11.2 Å². The number of rotatable bonds is 7. The maximum absolute atomic E-state index is 12.2. The Morgan fingerprint density at radius 2 is 1.57 bits per heavy atom. The van der Waals surface area contributed by atoms with Gasteiger partial charge in [-0.3, -0.25) is 4.79 Å². The largest absolute Gasteiger partial charge is 0.480 e. The molecule has 1 amide bonds. The van der Waals surface area contributed by atoms with Gasteiger partial charge in [0, 0.05) is 12.0 Å². The van der Waals surface area contributed by atoms with Crippen molar-refractivity contribution >= 4 is 27.8 Å². The van der Waals surface area contributed by atoms with Gasteiger partial charge >= 0.3 is 5.97 Å². The molecule has 0 bridgehead atoms. The Morgan fingerprint density at radius 1 is 0.929 bits per heavy atom. The molecule has 0 aliphatic carbocycles. The Labute approximate surface area is 171 Å². The summed E-state index contributed by atoms with van der Waals surface area (Å²) in [5.74, 6) is -0.177. The van der Waals surface area contributed by atoms with E-state index in [0.717, 1.165) is 10.0 Å². The molecule has 0 heterocycles. The van der Waals surface area contributed by atoms with E-state index in [1.54, 1.807) is 54.6 Å². The van der Waals surface area contributed by atoms with Gasteiger partial charge in [-0.25, -0.2) is 4.79 Å². The number of aliphatic carboxylic acids is 1. The number of para-hydroxylation sites is 1. The van der Waals surface area contributed by atoms with E-state index in [9.17, 15) is 14.7 Å². The van der Waals surface area contributed by atoms with Crippen LogP contribution in [-0.4, -0.2) is 23.0 Å². The summed E-state index contributed by atoms with van der Waals surface area (Å²) >= 11 is 3.43. The first-order valence-corrected chi connectivity index (χ1v) is 9.42. The van der Waals surface area contributed by atoms with Gasteiger partial charge in [0.15, 0.2) is 0 Å². The average Bonchev–Trinajstić information content (AvgIpc) is 2.71. The highest BCUT2D eigenvalue weighted by molar-refractivity contribution is 9.10. The zero-order chi connectivity index (χ0) is 19.9. The molecule has 1 atom stereocenters. The van der Waals surface area contributed by atoms with Crippen molar-refractivity contribution < 1.29 is 19.4 Å². The van der Waals surface area contributed by atoms with Crippen molar-refractivity contribution in [2.24, 2.45) is 0 Å². The molecule has 3 aromatic carbocycles. The minimum Gasteiger partial charge on any atom is -0.480 e. The van der Waals surface area contributed by atoms with E-state index in [1.165, 1.54) is 0 Å². The van der Waals surface area contributed by atoms with Gasteiger partial charge in [-0.15, -0.1) is 0 Å². The van der Waals surface area contributed by atoms with Crippen LogP contribution in [0.3, 0.4) is 0 Å². The molecular weight excluding hydrogens is 422 g/mol. The van der Waals surface area contributed by atoms with Gasteiger partial charge < -0.3 is 15.2 Å². The van der Waals surface area contributed by atoms with Gasteiger partial charge in [0.1, 0.15) is 17.5 Å². The van der Waals surface area contributed by atoms with Gasteiger partial charge in [-0.2, -0.15) is 0 Å². The van der Waals surface area contributed by atoms with Crippen molar-refractivity contribution in [2.45, 2.75) is 12.5 Å². The number of hydrogen-bond acceptors (Lipinski definition) is 3. The maximum Gasteiger partial charge on any atom is 0.326 e. The fraction of sp³-hybridized carbons (Fsp3) is 0.0909. The van der Waals surface area contributed by atoms with Crippen molar-refractivity contribution in [3.8, 4) is 11.5 Å². The molecule has 5 nitrogen and oxygen atoms in total. The summed E-state index contributed by atoms with van der Waals surface area (Å²) in [6.07, 6.45) is 0.170. The predicted molar refractivity (Wildman–Crippen MR) is 110 cm³/mol. The SMILES string of the molecule is O=C(NC(Cc1ccc(Oc2ccccc2Br)cc1)C(=O)O)c1ccccc1. The highest BCUT2D eigenvalue weighted by atomic mass is 79.9. The van der Waals surface area contributed by atoms with Crippen LogP contribution in [0.1, 0.15) is 15.9 Å². The Hall–Kier alpha value is -3.12. The second kappa shape index (κ2) is 9.19. The molecule has 0 saturated carbocycles. The van der Waals surface area contributed by atoms with Crippen molar-refractivity contribution in [3.05, 3.63) is 94.5 Å². The minimum atomic E-state index is -1.09. The second-order valence-corrected chi connectivity index (χ2v) is 6.97. The summed E-state index contributed by atoms with van der Waals surface area (Å²) in [6, 6.07) is 22.1. The topological polar surface area (TPSA) is 75.6 Å². The Balaban J connectivity index is 1.66. The molecular formula is C22H18BrNO4. The molecule has 1 unspecified atom stereocenters. The van der Waals surface area contributed by atoms with E-state index in [2.05, 4.69) is 21.2 Å². The van der Waals surface area contributed by atoms with E-state index in [4.69, 9.17) is 4.74 Å². The molecule has 2 N–H and O–H groups in total. The summed E-state index contributed by atoms with van der Waals surface area (Å²) in [4.78, 5) is 23.8. The number of nitrogens with one attached hydrogen (secondary N) is 1. The Kier molecular flexibility index (Phi) is 6.45. The molecule has 3 aromatic rings. The normalized spacial score (nSPS) is 11.5. The van der Waals surface area contributed by atoms with Crippen LogP contribution in [0, 0.1) is 0 Å². The van der Waals surface area contributed by atoms with Crippen molar-refractivity contribution in [2.75, 3.05) is 0 Å². The summed E-state index contributed by atoms with van der Waals surface area (Å²) in [5.41, 5.74) is 1.20. The summed E-state index contributed by atoms with van der Waals surface area (Å²) in [5, 5.41) is 12.0.